The number of ether oxygens (including phenoxy) is 1. The Bertz CT molecular complexity index is 628. The van der Waals surface area contributed by atoms with Gasteiger partial charge in [0.15, 0.2) is 0 Å². The van der Waals surface area contributed by atoms with Gasteiger partial charge in [-0.15, -0.1) is 0 Å². The summed E-state index contributed by atoms with van der Waals surface area (Å²) in [6.45, 7) is 0. The summed E-state index contributed by atoms with van der Waals surface area (Å²) in [5.74, 6) is -1.41. The molecule has 20 heavy (non-hydrogen) atoms. The van der Waals surface area contributed by atoms with Crippen molar-refractivity contribution in [1.82, 2.24) is 0 Å². The van der Waals surface area contributed by atoms with Gasteiger partial charge in [0.25, 0.3) is 0 Å². The van der Waals surface area contributed by atoms with E-state index in [-0.39, 0.29) is 11.3 Å². The van der Waals surface area contributed by atoms with Gasteiger partial charge in [0.1, 0.15) is 17.4 Å². The zero-order valence-electron chi connectivity index (χ0n) is 10.5. The number of methoxy groups -OCH3 is 1. The average Bonchev–Trinajstić information content (AvgIpc) is 2.40. The Labute approximate surface area is 128 Å². The molecule has 0 heterocycles. The quantitative estimate of drug-likeness (QED) is 0.876. The van der Waals surface area contributed by atoms with Crippen LogP contribution in [0.1, 0.15) is 17.2 Å². The van der Waals surface area contributed by atoms with Crippen LogP contribution in [0.15, 0.2) is 34.8 Å². The number of hydrogen-bond acceptors (Lipinski definition) is 2. The summed E-state index contributed by atoms with van der Waals surface area (Å²) in [7, 11) is 1.34. The van der Waals surface area contributed by atoms with Gasteiger partial charge in [-0.1, -0.05) is 17.7 Å². The van der Waals surface area contributed by atoms with Crippen LogP contribution in [0.3, 0.4) is 0 Å². The minimum Gasteiger partial charge on any atom is -0.497 e. The van der Waals surface area contributed by atoms with Crippen molar-refractivity contribution in [2.75, 3.05) is 7.11 Å². The first-order valence-corrected chi connectivity index (χ1v) is 6.84. The Morgan fingerprint density at radius 3 is 2.30 bits per heavy atom. The highest BCUT2D eigenvalue weighted by atomic mass is 79.9. The molecule has 0 saturated carbocycles. The lowest BCUT2D eigenvalue weighted by atomic mass is 9.98. The molecule has 0 aliphatic rings. The second-order valence-electron chi connectivity index (χ2n) is 4.16. The van der Waals surface area contributed by atoms with Gasteiger partial charge >= 0.3 is 0 Å². The molecule has 0 saturated heterocycles. The fourth-order valence-corrected chi connectivity index (χ4v) is 2.28. The van der Waals surface area contributed by atoms with E-state index in [1.165, 1.54) is 7.11 Å². The van der Waals surface area contributed by atoms with E-state index < -0.39 is 17.7 Å². The summed E-state index contributed by atoms with van der Waals surface area (Å²) in [6, 6.07) is 6.14. The molecule has 106 valence electrons. The molecule has 1 unspecified atom stereocenters. The van der Waals surface area contributed by atoms with E-state index in [2.05, 4.69) is 15.9 Å². The minimum absolute atomic E-state index is 0.102. The molecular weight excluding hydrogens is 352 g/mol. The van der Waals surface area contributed by atoms with E-state index in [1.807, 2.05) is 0 Å². The van der Waals surface area contributed by atoms with Crippen LogP contribution in [0.5, 0.6) is 5.75 Å². The number of benzene rings is 2. The molecule has 0 spiro atoms. The Morgan fingerprint density at radius 1 is 1.20 bits per heavy atom. The van der Waals surface area contributed by atoms with Crippen molar-refractivity contribution >= 4 is 27.5 Å². The monoisotopic (exact) mass is 361 g/mol. The van der Waals surface area contributed by atoms with Gasteiger partial charge in [0.05, 0.1) is 18.2 Å². The van der Waals surface area contributed by atoms with Crippen LogP contribution in [0.2, 0.25) is 5.02 Å². The standard InChI is InChI=1S/C14H11BrClF2NO/c1-20-8-5-11(17)13(12(18)6-8)14(19)7-2-3-9(15)10(16)4-7/h2-6,14H,19H2,1H3. The summed E-state index contributed by atoms with van der Waals surface area (Å²) in [4.78, 5) is 0. The Hall–Kier alpha value is -1.17. The van der Waals surface area contributed by atoms with Crippen molar-refractivity contribution < 1.29 is 13.5 Å². The van der Waals surface area contributed by atoms with Gasteiger partial charge in [-0.25, -0.2) is 8.78 Å². The van der Waals surface area contributed by atoms with Gasteiger partial charge in [-0.05, 0) is 33.6 Å². The highest BCUT2D eigenvalue weighted by Crippen LogP contribution is 2.31. The van der Waals surface area contributed by atoms with Gasteiger partial charge in [-0.3, -0.25) is 0 Å². The Morgan fingerprint density at radius 2 is 1.80 bits per heavy atom. The molecule has 6 heteroatoms. The van der Waals surface area contributed by atoms with Crippen LogP contribution < -0.4 is 10.5 Å². The Balaban J connectivity index is 2.47. The van der Waals surface area contributed by atoms with E-state index in [9.17, 15) is 8.78 Å². The number of rotatable bonds is 3. The van der Waals surface area contributed by atoms with Crippen molar-refractivity contribution in [3.63, 3.8) is 0 Å². The normalized spacial score (nSPS) is 12.3. The Kier molecular flexibility index (Phi) is 4.62. The zero-order valence-corrected chi connectivity index (χ0v) is 12.8. The molecule has 0 bridgehead atoms. The van der Waals surface area contributed by atoms with Gasteiger partial charge < -0.3 is 10.5 Å². The predicted octanol–water partition coefficient (Wildman–Crippen LogP) is 4.44. The first-order chi connectivity index (χ1) is 9.43. The van der Waals surface area contributed by atoms with Crippen molar-refractivity contribution in [2.24, 2.45) is 5.73 Å². The van der Waals surface area contributed by atoms with E-state index >= 15 is 0 Å². The molecule has 0 fully saturated rings. The van der Waals surface area contributed by atoms with Gasteiger partial charge in [-0.2, -0.15) is 0 Å². The number of halogens is 4. The maximum Gasteiger partial charge on any atom is 0.134 e. The molecule has 0 aliphatic heterocycles. The largest absolute Gasteiger partial charge is 0.497 e. The molecule has 0 amide bonds. The summed E-state index contributed by atoms with van der Waals surface area (Å²) in [5, 5.41) is 0.423. The lowest BCUT2D eigenvalue weighted by Gasteiger charge is -2.16. The SMILES string of the molecule is COc1cc(F)c(C(N)c2ccc(Br)c(Cl)c2)c(F)c1. The molecule has 1 atom stereocenters. The van der Waals surface area contributed by atoms with Crippen molar-refractivity contribution in [2.45, 2.75) is 6.04 Å². The maximum atomic E-state index is 14.0. The summed E-state index contributed by atoms with van der Waals surface area (Å²) in [5.41, 5.74) is 6.23. The third-order valence-corrected chi connectivity index (χ3v) is 4.13. The van der Waals surface area contributed by atoms with Crippen LogP contribution >= 0.6 is 27.5 Å². The highest BCUT2D eigenvalue weighted by Gasteiger charge is 2.20. The topological polar surface area (TPSA) is 35.2 Å². The van der Waals surface area contributed by atoms with E-state index in [4.69, 9.17) is 22.1 Å². The molecule has 2 nitrogen and oxygen atoms in total. The second kappa shape index (κ2) is 6.08. The second-order valence-corrected chi connectivity index (χ2v) is 5.42. The first-order valence-electron chi connectivity index (χ1n) is 5.67. The fraction of sp³-hybridized carbons (Fsp3) is 0.143. The number of hydrogen-bond donors (Lipinski definition) is 1. The predicted molar refractivity (Wildman–Crippen MR) is 78.1 cm³/mol. The van der Waals surface area contributed by atoms with Gasteiger partial charge in [0, 0.05) is 22.2 Å². The summed E-state index contributed by atoms with van der Waals surface area (Å²) in [6.07, 6.45) is 0. The fourth-order valence-electron chi connectivity index (χ4n) is 1.85. The highest BCUT2D eigenvalue weighted by molar-refractivity contribution is 9.10. The van der Waals surface area contributed by atoms with Crippen LogP contribution in [-0.2, 0) is 0 Å². The van der Waals surface area contributed by atoms with Crippen LogP contribution in [0.4, 0.5) is 8.78 Å². The van der Waals surface area contributed by atoms with Crippen molar-refractivity contribution in [1.29, 1.82) is 0 Å². The smallest absolute Gasteiger partial charge is 0.134 e. The molecule has 2 N–H and O–H groups in total. The molecule has 0 radical (unpaired) electrons. The van der Waals surface area contributed by atoms with E-state index in [1.54, 1.807) is 18.2 Å². The van der Waals surface area contributed by atoms with Crippen LogP contribution in [-0.4, -0.2) is 7.11 Å². The lowest BCUT2D eigenvalue weighted by Crippen LogP contribution is -2.16. The third kappa shape index (κ3) is 2.95. The van der Waals surface area contributed by atoms with Crippen LogP contribution in [0.25, 0.3) is 0 Å². The third-order valence-electron chi connectivity index (χ3n) is 2.90. The number of nitrogens with two attached hydrogens (primary N) is 1. The van der Waals surface area contributed by atoms with Crippen molar-refractivity contribution in [3.05, 3.63) is 62.6 Å². The molecule has 0 aromatic heterocycles. The average molecular weight is 363 g/mol. The maximum absolute atomic E-state index is 14.0. The molecule has 2 rings (SSSR count). The molecule has 0 aliphatic carbocycles. The van der Waals surface area contributed by atoms with Gasteiger partial charge in [0.2, 0.25) is 0 Å². The first kappa shape index (κ1) is 15.2. The summed E-state index contributed by atoms with van der Waals surface area (Å²) < 4.78 is 33.4. The molecule has 2 aromatic carbocycles. The minimum atomic E-state index is -0.952. The van der Waals surface area contributed by atoms with Crippen molar-refractivity contribution in [3.8, 4) is 5.75 Å². The van der Waals surface area contributed by atoms with E-state index in [0.29, 0.717) is 15.1 Å². The van der Waals surface area contributed by atoms with Crippen LogP contribution in [0, 0.1) is 11.6 Å². The molecule has 2 aromatic rings. The zero-order chi connectivity index (χ0) is 14.9. The molecular formula is C14H11BrClF2NO. The van der Waals surface area contributed by atoms with E-state index in [0.717, 1.165) is 12.1 Å². The summed E-state index contributed by atoms with van der Waals surface area (Å²) >= 11 is 9.21. The lowest BCUT2D eigenvalue weighted by molar-refractivity contribution is 0.404.